The Morgan fingerprint density at radius 1 is 0.789 bits per heavy atom. The Labute approximate surface area is 222 Å². The lowest BCUT2D eigenvalue weighted by Gasteiger charge is -2.31. The number of likely N-dealkylation sites (tertiary alicyclic amines) is 1. The number of primary amides is 1. The standard InChI is InChI=1S/C31H32N2O5/c1-18-4-6-20(7-5-18)27-26(29(34)21-12-16-24(38-3)17-13-21)25(19-10-14-23(37-2)15-11-19)28(30(32)35)33(27)31(36)22-8-9-22/h4-7,10-17,22,25-28H,8-9H2,1-3H3,(H2,32,35). The number of hydrogen-bond donors (Lipinski definition) is 1. The van der Waals surface area contributed by atoms with Gasteiger partial charge in [-0.1, -0.05) is 42.0 Å². The smallest absolute Gasteiger partial charge is 0.240 e. The fourth-order valence-electron chi connectivity index (χ4n) is 5.64. The Hall–Kier alpha value is -4.13. The molecule has 38 heavy (non-hydrogen) atoms. The van der Waals surface area contributed by atoms with Crippen molar-refractivity contribution in [1.82, 2.24) is 4.90 Å². The van der Waals surface area contributed by atoms with Gasteiger partial charge in [0.05, 0.1) is 26.2 Å². The van der Waals surface area contributed by atoms with Crippen molar-refractivity contribution >= 4 is 17.6 Å². The predicted molar refractivity (Wildman–Crippen MR) is 143 cm³/mol. The largest absolute Gasteiger partial charge is 0.497 e. The van der Waals surface area contributed by atoms with Crippen LogP contribution >= 0.6 is 0 Å². The van der Waals surface area contributed by atoms with Gasteiger partial charge < -0.3 is 20.1 Å². The zero-order valence-electron chi connectivity index (χ0n) is 21.8. The van der Waals surface area contributed by atoms with Gasteiger partial charge in [0.15, 0.2) is 5.78 Å². The van der Waals surface area contributed by atoms with Gasteiger partial charge in [-0.2, -0.15) is 0 Å². The molecule has 3 aromatic carbocycles. The summed E-state index contributed by atoms with van der Waals surface area (Å²) in [7, 11) is 3.15. The third kappa shape index (κ3) is 4.64. The van der Waals surface area contributed by atoms with Crippen LogP contribution in [0.1, 0.15) is 51.8 Å². The monoisotopic (exact) mass is 512 g/mol. The van der Waals surface area contributed by atoms with E-state index in [2.05, 4.69) is 0 Å². The molecule has 0 aromatic heterocycles. The summed E-state index contributed by atoms with van der Waals surface area (Å²) in [5, 5.41) is 0. The van der Waals surface area contributed by atoms with E-state index in [0.717, 1.165) is 29.5 Å². The number of nitrogens with zero attached hydrogens (tertiary/aromatic N) is 1. The van der Waals surface area contributed by atoms with E-state index >= 15 is 0 Å². The molecule has 7 nitrogen and oxygen atoms in total. The highest BCUT2D eigenvalue weighted by atomic mass is 16.5. The van der Waals surface area contributed by atoms with Gasteiger partial charge in [0.25, 0.3) is 0 Å². The Morgan fingerprint density at radius 2 is 1.32 bits per heavy atom. The van der Waals surface area contributed by atoms with Crippen LogP contribution in [-0.2, 0) is 9.59 Å². The summed E-state index contributed by atoms with van der Waals surface area (Å²) >= 11 is 0. The second-order valence-electron chi connectivity index (χ2n) is 10.1. The quantitative estimate of drug-likeness (QED) is 0.450. The number of benzene rings is 3. The molecular weight excluding hydrogens is 480 g/mol. The molecule has 0 radical (unpaired) electrons. The first-order valence-electron chi connectivity index (χ1n) is 12.8. The van der Waals surface area contributed by atoms with E-state index in [0.29, 0.717) is 17.1 Å². The van der Waals surface area contributed by atoms with Crippen molar-refractivity contribution in [2.75, 3.05) is 14.2 Å². The highest BCUT2D eigenvalue weighted by Crippen LogP contribution is 2.53. The number of Topliss-reactive ketones (excluding diaryl/α,β-unsaturated/α-hetero) is 1. The number of rotatable bonds is 8. The van der Waals surface area contributed by atoms with Crippen LogP contribution < -0.4 is 15.2 Å². The highest BCUT2D eigenvalue weighted by molar-refractivity contribution is 6.02. The maximum Gasteiger partial charge on any atom is 0.240 e. The first-order valence-corrected chi connectivity index (χ1v) is 12.8. The molecular formula is C31H32N2O5. The first kappa shape index (κ1) is 25.5. The zero-order valence-corrected chi connectivity index (χ0v) is 21.8. The molecule has 1 saturated carbocycles. The van der Waals surface area contributed by atoms with E-state index in [-0.39, 0.29) is 17.6 Å². The van der Waals surface area contributed by atoms with Gasteiger partial charge in [0.2, 0.25) is 11.8 Å². The highest BCUT2D eigenvalue weighted by Gasteiger charge is 2.58. The molecule has 2 fully saturated rings. The van der Waals surface area contributed by atoms with E-state index in [1.807, 2.05) is 43.3 Å². The van der Waals surface area contributed by atoms with Crippen LogP contribution in [0.15, 0.2) is 72.8 Å². The SMILES string of the molecule is COc1ccc(C(=O)C2C(c3ccc(OC)cc3)C(C(N)=O)N(C(=O)C3CC3)C2c2ccc(C)cc2)cc1. The van der Waals surface area contributed by atoms with Crippen molar-refractivity contribution in [3.8, 4) is 11.5 Å². The minimum absolute atomic E-state index is 0.122. The number of carbonyl (C=O) groups excluding carboxylic acids is 3. The number of nitrogens with two attached hydrogens (primary N) is 1. The van der Waals surface area contributed by atoms with Crippen molar-refractivity contribution in [2.24, 2.45) is 17.6 Å². The van der Waals surface area contributed by atoms with Gasteiger partial charge in [0.1, 0.15) is 17.5 Å². The average Bonchev–Trinajstić information content (AvgIpc) is 3.73. The van der Waals surface area contributed by atoms with E-state index in [9.17, 15) is 14.4 Å². The molecule has 2 amide bonds. The molecule has 2 N–H and O–H groups in total. The van der Waals surface area contributed by atoms with Crippen LogP contribution in [0.25, 0.3) is 0 Å². The van der Waals surface area contributed by atoms with Crippen LogP contribution in [0.5, 0.6) is 11.5 Å². The van der Waals surface area contributed by atoms with Crippen LogP contribution in [0, 0.1) is 18.8 Å². The number of amides is 2. The van der Waals surface area contributed by atoms with Gasteiger partial charge in [-0.25, -0.2) is 0 Å². The van der Waals surface area contributed by atoms with E-state index in [1.54, 1.807) is 55.5 Å². The molecule has 4 unspecified atom stereocenters. The fourth-order valence-corrected chi connectivity index (χ4v) is 5.64. The van der Waals surface area contributed by atoms with Gasteiger partial charge in [0, 0.05) is 17.4 Å². The molecule has 1 aliphatic carbocycles. The normalized spacial score (nSPS) is 22.7. The molecule has 1 saturated heterocycles. The molecule has 4 atom stereocenters. The Kier molecular flexibility index (Phi) is 6.93. The number of ketones is 1. The maximum absolute atomic E-state index is 14.4. The minimum atomic E-state index is -0.977. The number of methoxy groups -OCH3 is 2. The maximum atomic E-state index is 14.4. The molecule has 0 spiro atoms. The van der Waals surface area contributed by atoms with E-state index in [1.165, 1.54) is 0 Å². The lowest BCUT2D eigenvalue weighted by Crippen LogP contribution is -2.47. The van der Waals surface area contributed by atoms with Crippen LogP contribution in [-0.4, -0.2) is 42.8 Å². The minimum Gasteiger partial charge on any atom is -0.497 e. The number of carbonyl (C=O) groups is 3. The number of ether oxygens (including phenoxy) is 2. The third-order valence-corrected chi connectivity index (χ3v) is 7.74. The van der Waals surface area contributed by atoms with Crippen molar-refractivity contribution in [3.63, 3.8) is 0 Å². The molecule has 1 aliphatic heterocycles. The lowest BCUT2D eigenvalue weighted by atomic mass is 9.76. The molecule has 7 heteroatoms. The van der Waals surface area contributed by atoms with Crippen molar-refractivity contribution in [1.29, 1.82) is 0 Å². The average molecular weight is 513 g/mol. The van der Waals surface area contributed by atoms with Gasteiger partial charge in [-0.3, -0.25) is 14.4 Å². The molecule has 3 aromatic rings. The predicted octanol–water partition coefficient (Wildman–Crippen LogP) is 4.44. The van der Waals surface area contributed by atoms with Crippen LogP contribution in [0.3, 0.4) is 0 Å². The molecule has 196 valence electrons. The lowest BCUT2D eigenvalue weighted by molar-refractivity contribution is -0.140. The Morgan fingerprint density at radius 3 is 1.82 bits per heavy atom. The summed E-state index contributed by atoms with van der Waals surface area (Å²) in [6.07, 6.45) is 1.54. The summed E-state index contributed by atoms with van der Waals surface area (Å²) in [6.45, 7) is 1.98. The van der Waals surface area contributed by atoms with E-state index in [4.69, 9.17) is 15.2 Å². The second-order valence-corrected chi connectivity index (χ2v) is 10.1. The third-order valence-electron chi connectivity index (χ3n) is 7.74. The van der Waals surface area contributed by atoms with Crippen molar-refractivity contribution < 1.29 is 23.9 Å². The van der Waals surface area contributed by atoms with Gasteiger partial charge in [-0.05, 0) is 67.3 Å². The summed E-state index contributed by atoms with van der Waals surface area (Å²) in [5.41, 5.74) is 9.15. The topological polar surface area (TPSA) is 98.9 Å². The van der Waals surface area contributed by atoms with Crippen molar-refractivity contribution in [3.05, 3.63) is 95.1 Å². The van der Waals surface area contributed by atoms with Crippen LogP contribution in [0.4, 0.5) is 0 Å². The van der Waals surface area contributed by atoms with Crippen LogP contribution in [0.2, 0.25) is 0 Å². The molecule has 2 aliphatic rings. The Balaban J connectivity index is 1.71. The molecule has 0 bridgehead atoms. The van der Waals surface area contributed by atoms with Gasteiger partial charge in [-0.15, -0.1) is 0 Å². The summed E-state index contributed by atoms with van der Waals surface area (Å²) < 4.78 is 10.6. The molecule has 1 heterocycles. The molecule has 5 rings (SSSR count). The second kappa shape index (κ2) is 10.3. The summed E-state index contributed by atoms with van der Waals surface area (Å²) in [5.74, 6) is -1.14. The fraction of sp³-hybridized carbons (Fsp3) is 0.323. The van der Waals surface area contributed by atoms with E-state index < -0.39 is 29.8 Å². The van der Waals surface area contributed by atoms with Crippen molar-refractivity contribution in [2.45, 2.75) is 37.8 Å². The zero-order chi connectivity index (χ0) is 27.0. The summed E-state index contributed by atoms with van der Waals surface area (Å²) in [4.78, 5) is 43.0. The first-order chi connectivity index (χ1) is 18.3. The van der Waals surface area contributed by atoms with Gasteiger partial charge >= 0.3 is 0 Å². The number of hydrogen-bond acceptors (Lipinski definition) is 5. The summed E-state index contributed by atoms with van der Waals surface area (Å²) in [6, 6.07) is 20.4. The number of aryl methyl sites for hydroxylation is 1. The Bertz CT molecular complexity index is 1330.